The van der Waals surface area contributed by atoms with Crippen LogP contribution in [0.5, 0.6) is 0 Å². The molecular weight excluding hydrogens is 356 g/mol. The Balaban J connectivity index is 1.53. The number of carbonyl (C=O) groups is 3. The van der Waals surface area contributed by atoms with Crippen LogP contribution in [0, 0.1) is 0 Å². The molecule has 0 aromatic heterocycles. The molecule has 0 fully saturated rings. The number of fused-ring (bicyclic) bond motifs is 1. The van der Waals surface area contributed by atoms with Gasteiger partial charge in [0.2, 0.25) is 11.8 Å². The number of urea groups is 1. The Bertz CT molecular complexity index is 879. The van der Waals surface area contributed by atoms with Crippen molar-refractivity contribution in [3.63, 3.8) is 0 Å². The fourth-order valence-corrected chi connectivity index (χ4v) is 3.17. The first-order valence-corrected chi connectivity index (χ1v) is 9.23. The van der Waals surface area contributed by atoms with Gasteiger partial charge in [0, 0.05) is 37.6 Å². The molecule has 1 aliphatic rings. The lowest BCUT2D eigenvalue weighted by molar-refractivity contribution is -0.118. The summed E-state index contributed by atoms with van der Waals surface area (Å²) in [4.78, 5) is 39.3. The molecule has 2 N–H and O–H groups in total. The highest BCUT2D eigenvalue weighted by molar-refractivity contribution is 5.99. The molecular formula is C21H24N4O3. The molecule has 0 radical (unpaired) electrons. The van der Waals surface area contributed by atoms with E-state index in [1.165, 1.54) is 11.8 Å². The van der Waals surface area contributed by atoms with Gasteiger partial charge in [-0.05, 0) is 48.7 Å². The van der Waals surface area contributed by atoms with Crippen LogP contribution >= 0.6 is 0 Å². The summed E-state index contributed by atoms with van der Waals surface area (Å²) in [6.07, 6.45) is 1.87. The Hall–Kier alpha value is -3.35. The van der Waals surface area contributed by atoms with Crippen LogP contribution in [-0.2, 0) is 16.0 Å². The number of rotatable bonds is 4. The first-order valence-electron chi connectivity index (χ1n) is 9.23. The molecule has 3 rings (SSSR count). The molecule has 2 aromatic carbocycles. The van der Waals surface area contributed by atoms with Crippen LogP contribution in [0.15, 0.2) is 48.5 Å². The van der Waals surface area contributed by atoms with Crippen molar-refractivity contribution in [2.45, 2.75) is 19.8 Å². The smallest absolute Gasteiger partial charge is 0.319 e. The number of amides is 4. The van der Waals surface area contributed by atoms with E-state index in [0.29, 0.717) is 12.2 Å². The zero-order chi connectivity index (χ0) is 20.1. The van der Waals surface area contributed by atoms with Crippen LogP contribution in [0.2, 0.25) is 0 Å². The number of anilines is 3. The number of nitrogens with zero attached hydrogens (tertiary/aromatic N) is 2. The maximum Gasteiger partial charge on any atom is 0.319 e. The summed E-state index contributed by atoms with van der Waals surface area (Å²) in [5, 5.41) is 5.30. The summed E-state index contributed by atoms with van der Waals surface area (Å²) in [5.74, 6) is -0.211. The number of nitrogens with one attached hydrogen (secondary N) is 2. The molecule has 0 aliphatic carbocycles. The van der Waals surface area contributed by atoms with Gasteiger partial charge < -0.3 is 20.4 Å². The van der Waals surface area contributed by atoms with E-state index in [0.717, 1.165) is 29.8 Å². The average molecular weight is 380 g/mol. The molecule has 1 heterocycles. The standard InChI is InChI=1S/C21H24N4O3/c1-15(26)24(2)18-11-9-17(10-12-18)23-21(28)22-14-20(27)25-13-5-7-16-6-3-4-8-19(16)25/h3-4,6,8-12H,5,7,13-14H2,1-2H3,(H2,22,23,28). The van der Waals surface area contributed by atoms with Gasteiger partial charge in [-0.15, -0.1) is 0 Å². The minimum Gasteiger partial charge on any atom is -0.329 e. The molecule has 1 aliphatic heterocycles. The second-order valence-corrected chi connectivity index (χ2v) is 6.71. The third kappa shape index (κ3) is 4.49. The molecule has 146 valence electrons. The molecule has 0 bridgehead atoms. The molecule has 0 saturated carbocycles. The largest absolute Gasteiger partial charge is 0.329 e. The van der Waals surface area contributed by atoms with Gasteiger partial charge in [0.1, 0.15) is 0 Å². The Morgan fingerprint density at radius 2 is 1.79 bits per heavy atom. The predicted octanol–water partition coefficient (Wildman–Crippen LogP) is 2.77. The predicted molar refractivity (Wildman–Crippen MR) is 110 cm³/mol. The highest BCUT2D eigenvalue weighted by Crippen LogP contribution is 2.26. The van der Waals surface area contributed by atoms with Gasteiger partial charge in [0.05, 0.1) is 6.54 Å². The number of benzene rings is 2. The van der Waals surface area contributed by atoms with Crippen LogP contribution in [-0.4, -0.2) is 38.0 Å². The maximum atomic E-state index is 12.5. The maximum absolute atomic E-state index is 12.5. The quantitative estimate of drug-likeness (QED) is 0.856. The molecule has 28 heavy (non-hydrogen) atoms. The van der Waals surface area contributed by atoms with Crippen molar-refractivity contribution in [1.82, 2.24) is 5.32 Å². The lowest BCUT2D eigenvalue weighted by atomic mass is 10.0. The first kappa shape index (κ1) is 19.4. The number of hydrogen-bond acceptors (Lipinski definition) is 3. The summed E-state index contributed by atoms with van der Waals surface area (Å²) in [7, 11) is 1.68. The molecule has 4 amide bonds. The third-order valence-electron chi connectivity index (χ3n) is 4.80. The van der Waals surface area contributed by atoms with Gasteiger partial charge in [-0.1, -0.05) is 18.2 Å². The summed E-state index contributed by atoms with van der Waals surface area (Å²) < 4.78 is 0. The number of carbonyl (C=O) groups excluding carboxylic acids is 3. The van der Waals surface area contributed by atoms with E-state index in [4.69, 9.17) is 0 Å². The Kier molecular flexibility index (Phi) is 5.93. The summed E-state index contributed by atoms with van der Waals surface area (Å²) >= 11 is 0. The van der Waals surface area contributed by atoms with E-state index >= 15 is 0 Å². The minimum atomic E-state index is -0.452. The van der Waals surface area contributed by atoms with Crippen LogP contribution in [0.4, 0.5) is 21.9 Å². The fraction of sp³-hybridized carbons (Fsp3) is 0.286. The minimum absolute atomic E-state index is 0.0729. The second-order valence-electron chi connectivity index (χ2n) is 6.71. The topological polar surface area (TPSA) is 81.8 Å². The molecule has 7 nitrogen and oxygen atoms in total. The normalized spacial score (nSPS) is 12.7. The lowest BCUT2D eigenvalue weighted by Crippen LogP contribution is -2.43. The highest BCUT2D eigenvalue weighted by atomic mass is 16.2. The summed E-state index contributed by atoms with van der Waals surface area (Å²) in [6.45, 7) is 2.06. The number of hydrogen-bond donors (Lipinski definition) is 2. The number of aryl methyl sites for hydroxylation is 1. The van der Waals surface area contributed by atoms with Crippen LogP contribution in [0.1, 0.15) is 18.9 Å². The zero-order valence-corrected chi connectivity index (χ0v) is 16.1. The first-order chi connectivity index (χ1) is 13.5. The fourth-order valence-electron chi connectivity index (χ4n) is 3.17. The molecule has 2 aromatic rings. The van der Waals surface area contributed by atoms with Gasteiger partial charge in [0.15, 0.2) is 0 Å². The van der Waals surface area contributed by atoms with E-state index in [1.54, 1.807) is 36.2 Å². The van der Waals surface area contributed by atoms with Crippen LogP contribution in [0.25, 0.3) is 0 Å². The van der Waals surface area contributed by atoms with E-state index in [-0.39, 0.29) is 18.4 Å². The van der Waals surface area contributed by atoms with Crippen molar-refractivity contribution >= 4 is 34.9 Å². The van der Waals surface area contributed by atoms with E-state index in [2.05, 4.69) is 10.6 Å². The summed E-state index contributed by atoms with van der Waals surface area (Å²) in [6, 6.07) is 14.3. The molecule has 0 saturated heterocycles. The van der Waals surface area contributed by atoms with Crippen molar-refractivity contribution in [2.75, 3.05) is 35.3 Å². The zero-order valence-electron chi connectivity index (χ0n) is 16.1. The van der Waals surface area contributed by atoms with E-state index < -0.39 is 6.03 Å². The van der Waals surface area contributed by atoms with Gasteiger partial charge >= 0.3 is 6.03 Å². The van der Waals surface area contributed by atoms with E-state index in [1.807, 2.05) is 24.3 Å². The monoisotopic (exact) mass is 380 g/mol. The van der Waals surface area contributed by atoms with Crippen LogP contribution < -0.4 is 20.4 Å². The van der Waals surface area contributed by atoms with Crippen molar-refractivity contribution in [2.24, 2.45) is 0 Å². The third-order valence-corrected chi connectivity index (χ3v) is 4.80. The SMILES string of the molecule is CC(=O)N(C)c1ccc(NC(=O)NCC(=O)N2CCCc3ccccc32)cc1. The van der Waals surface area contributed by atoms with Gasteiger partial charge in [-0.3, -0.25) is 9.59 Å². The molecule has 0 unspecified atom stereocenters. The van der Waals surface area contributed by atoms with E-state index in [9.17, 15) is 14.4 Å². The van der Waals surface area contributed by atoms with Crippen molar-refractivity contribution in [3.8, 4) is 0 Å². The molecule has 0 spiro atoms. The van der Waals surface area contributed by atoms with Gasteiger partial charge in [-0.2, -0.15) is 0 Å². The average Bonchev–Trinajstić information content (AvgIpc) is 2.71. The van der Waals surface area contributed by atoms with Gasteiger partial charge in [-0.25, -0.2) is 4.79 Å². The Morgan fingerprint density at radius 1 is 1.07 bits per heavy atom. The highest BCUT2D eigenvalue weighted by Gasteiger charge is 2.22. The Labute approximate surface area is 164 Å². The molecule has 7 heteroatoms. The van der Waals surface area contributed by atoms with Crippen molar-refractivity contribution in [1.29, 1.82) is 0 Å². The number of para-hydroxylation sites is 1. The van der Waals surface area contributed by atoms with Crippen molar-refractivity contribution < 1.29 is 14.4 Å². The lowest BCUT2D eigenvalue weighted by Gasteiger charge is -2.29. The van der Waals surface area contributed by atoms with Crippen LogP contribution in [0.3, 0.4) is 0 Å². The Morgan fingerprint density at radius 3 is 2.50 bits per heavy atom. The molecule has 0 atom stereocenters. The van der Waals surface area contributed by atoms with Gasteiger partial charge in [0.25, 0.3) is 0 Å². The second kappa shape index (κ2) is 8.56. The van der Waals surface area contributed by atoms with Crippen molar-refractivity contribution in [3.05, 3.63) is 54.1 Å². The summed E-state index contributed by atoms with van der Waals surface area (Å²) in [5.41, 5.74) is 3.39.